The van der Waals surface area contributed by atoms with Crippen molar-refractivity contribution in [2.24, 2.45) is 5.73 Å². The van der Waals surface area contributed by atoms with Gasteiger partial charge in [-0.25, -0.2) is 0 Å². The number of nitrogens with two attached hydrogens (primary N) is 1. The van der Waals surface area contributed by atoms with Crippen LogP contribution >= 0.6 is 11.6 Å². The zero-order valence-electron chi connectivity index (χ0n) is 11.2. The molecule has 0 bridgehead atoms. The lowest BCUT2D eigenvalue weighted by molar-refractivity contribution is -0.113. The summed E-state index contributed by atoms with van der Waals surface area (Å²) in [5, 5.41) is 3.21. The Balaban J connectivity index is 1.99. The highest BCUT2D eigenvalue weighted by Crippen LogP contribution is 2.15. The Bertz CT molecular complexity index is 676. The number of hydrogen-bond acceptors (Lipinski definition) is 3. The molecule has 2 aromatic carbocycles. The number of amides is 1. The second kappa shape index (κ2) is 7.36. The summed E-state index contributed by atoms with van der Waals surface area (Å²) in [6, 6.07) is 13.9. The highest BCUT2D eigenvalue weighted by atomic mass is 35.5. The van der Waals surface area contributed by atoms with Crippen LogP contribution in [-0.2, 0) is 22.1 Å². The molecular formula is C15H15ClN2O2S. The summed E-state index contributed by atoms with van der Waals surface area (Å²) in [5.41, 5.74) is 7.11. The molecule has 1 amide bonds. The van der Waals surface area contributed by atoms with Crippen LogP contribution in [0.1, 0.15) is 5.56 Å². The van der Waals surface area contributed by atoms with Gasteiger partial charge in [0.05, 0.1) is 10.8 Å². The third kappa shape index (κ3) is 4.67. The molecule has 0 aromatic heterocycles. The second-order valence-corrected chi connectivity index (χ2v) is 6.29. The van der Waals surface area contributed by atoms with Crippen LogP contribution < -0.4 is 11.1 Å². The molecular weight excluding hydrogens is 308 g/mol. The Kier molecular flexibility index (Phi) is 5.50. The summed E-state index contributed by atoms with van der Waals surface area (Å²) in [4.78, 5) is 12.4. The molecule has 2 aromatic rings. The van der Waals surface area contributed by atoms with Gasteiger partial charge in [-0.05, 0) is 35.9 Å². The number of nitrogens with one attached hydrogen (secondary N) is 1. The molecule has 1 atom stereocenters. The van der Waals surface area contributed by atoms with Crippen LogP contribution in [0.4, 0.5) is 5.69 Å². The average molecular weight is 323 g/mol. The van der Waals surface area contributed by atoms with E-state index in [1.807, 2.05) is 12.1 Å². The fourth-order valence-electron chi connectivity index (χ4n) is 1.78. The van der Waals surface area contributed by atoms with Gasteiger partial charge in [-0.3, -0.25) is 9.00 Å². The molecule has 0 aliphatic carbocycles. The maximum absolute atomic E-state index is 12.1. The van der Waals surface area contributed by atoms with Crippen molar-refractivity contribution in [1.29, 1.82) is 0 Å². The Morgan fingerprint density at radius 3 is 2.67 bits per heavy atom. The van der Waals surface area contributed by atoms with E-state index in [0.717, 1.165) is 5.56 Å². The Morgan fingerprint density at radius 1 is 1.19 bits per heavy atom. The predicted octanol–water partition coefficient (Wildman–Crippen LogP) is 2.55. The van der Waals surface area contributed by atoms with Crippen molar-refractivity contribution in [3.63, 3.8) is 0 Å². The number of anilines is 1. The van der Waals surface area contributed by atoms with E-state index in [-0.39, 0.29) is 11.7 Å². The second-order valence-electron chi connectivity index (χ2n) is 4.40. The van der Waals surface area contributed by atoms with Crippen molar-refractivity contribution < 1.29 is 9.00 Å². The number of rotatable bonds is 5. The highest BCUT2D eigenvalue weighted by molar-refractivity contribution is 7.85. The molecule has 0 heterocycles. The zero-order chi connectivity index (χ0) is 15.2. The molecule has 3 N–H and O–H groups in total. The number of benzene rings is 2. The lowest BCUT2D eigenvalue weighted by Crippen LogP contribution is -2.19. The molecule has 110 valence electrons. The van der Waals surface area contributed by atoms with Gasteiger partial charge >= 0.3 is 0 Å². The van der Waals surface area contributed by atoms with Crippen LogP contribution in [0.2, 0.25) is 5.02 Å². The first kappa shape index (κ1) is 15.7. The summed E-state index contributed by atoms with van der Waals surface area (Å²) >= 11 is 5.84. The van der Waals surface area contributed by atoms with Crippen LogP contribution in [0.3, 0.4) is 0 Å². The number of hydrogen-bond donors (Lipinski definition) is 2. The number of carbonyl (C=O) groups excluding carboxylic acids is 1. The molecule has 0 saturated carbocycles. The van der Waals surface area contributed by atoms with Gasteiger partial charge in [0.25, 0.3) is 0 Å². The minimum atomic E-state index is -1.43. The number of halogens is 1. The molecule has 6 heteroatoms. The van der Waals surface area contributed by atoms with Gasteiger partial charge in [-0.15, -0.1) is 0 Å². The Hall–Kier alpha value is -1.69. The van der Waals surface area contributed by atoms with E-state index in [1.165, 1.54) is 0 Å². The first-order valence-corrected chi connectivity index (χ1v) is 8.01. The van der Waals surface area contributed by atoms with Crippen LogP contribution in [-0.4, -0.2) is 15.9 Å². The third-order valence-electron chi connectivity index (χ3n) is 2.77. The van der Waals surface area contributed by atoms with Crippen LogP contribution in [0.15, 0.2) is 53.4 Å². The predicted molar refractivity (Wildman–Crippen MR) is 85.7 cm³/mol. The summed E-state index contributed by atoms with van der Waals surface area (Å²) in [5.74, 6) is -0.435. The van der Waals surface area contributed by atoms with Crippen molar-refractivity contribution in [1.82, 2.24) is 0 Å². The largest absolute Gasteiger partial charge is 0.326 e. The van der Waals surface area contributed by atoms with Gasteiger partial charge in [-0.1, -0.05) is 29.8 Å². The van der Waals surface area contributed by atoms with E-state index in [4.69, 9.17) is 17.3 Å². The van der Waals surface area contributed by atoms with E-state index < -0.39 is 10.8 Å². The fourth-order valence-corrected chi connectivity index (χ4v) is 3.00. The standard InChI is InChI=1S/C15H15ClN2O2S/c16-12-4-2-6-14(8-12)21(20)10-15(19)18-13-5-1-3-11(7-13)9-17/h1-8H,9-10,17H2,(H,18,19). The molecule has 0 spiro atoms. The van der Waals surface area contributed by atoms with Crippen molar-refractivity contribution >= 4 is 34.0 Å². The van der Waals surface area contributed by atoms with Crippen molar-refractivity contribution in [3.8, 4) is 0 Å². The SMILES string of the molecule is NCc1cccc(NC(=O)CS(=O)c2cccc(Cl)c2)c1. The van der Waals surface area contributed by atoms with E-state index in [0.29, 0.717) is 22.2 Å². The normalized spacial score (nSPS) is 11.9. The summed E-state index contributed by atoms with van der Waals surface area (Å²) in [6.07, 6.45) is 0. The van der Waals surface area contributed by atoms with E-state index in [1.54, 1.807) is 36.4 Å². The van der Waals surface area contributed by atoms with Gasteiger partial charge in [0, 0.05) is 22.2 Å². The zero-order valence-corrected chi connectivity index (χ0v) is 12.8. The maximum Gasteiger partial charge on any atom is 0.237 e. The van der Waals surface area contributed by atoms with Gasteiger partial charge in [0.15, 0.2) is 0 Å². The molecule has 0 aliphatic rings. The Morgan fingerprint density at radius 2 is 1.95 bits per heavy atom. The van der Waals surface area contributed by atoms with Gasteiger partial charge < -0.3 is 11.1 Å². The van der Waals surface area contributed by atoms with Gasteiger partial charge in [0.2, 0.25) is 5.91 Å². The molecule has 4 nitrogen and oxygen atoms in total. The summed E-state index contributed by atoms with van der Waals surface area (Å²) in [6.45, 7) is 0.401. The topological polar surface area (TPSA) is 72.2 Å². The Labute approximate surface area is 130 Å². The lowest BCUT2D eigenvalue weighted by Gasteiger charge is -2.07. The first-order valence-electron chi connectivity index (χ1n) is 6.31. The van der Waals surface area contributed by atoms with Crippen molar-refractivity contribution in [3.05, 3.63) is 59.1 Å². The smallest absolute Gasteiger partial charge is 0.237 e. The minimum absolute atomic E-state index is 0.118. The first-order chi connectivity index (χ1) is 10.1. The van der Waals surface area contributed by atoms with Crippen LogP contribution in [0.5, 0.6) is 0 Å². The lowest BCUT2D eigenvalue weighted by atomic mass is 10.2. The maximum atomic E-state index is 12.1. The van der Waals surface area contributed by atoms with Gasteiger partial charge in [0.1, 0.15) is 5.75 Å². The highest BCUT2D eigenvalue weighted by Gasteiger charge is 2.11. The number of carbonyl (C=O) groups is 1. The van der Waals surface area contributed by atoms with E-state index in [9.17, 15) is 9.00 Å². The van der Waals surface area contributed by atoms with E-state index in [2.05, 4.69) is 5.32 Å². The quantitative estimate of drug-likeness (QED) is 0.888. The average Bonchev–Trinajstić information content (AvgIpc) is 2.47. The van der Waals surface area contributed by atoms with Gasteiger partial charge in [-0.2, -0.15) is 0 Å². The summed E-state index contributed by atoms with van der Waals surface area (Å²) < 4.78 is 12.1. The van der Waals surface area contributed by atoms with Crippen LogP contribution in [0, 0.1) is 0 Å². The van der Waals surface area contributed by atoms with Crippen molar-refractivity contribution in [2.45, 2.75) is 11.4 Å². The molecule has 0 radical (unpaired) electrons. The third-order valence-corrected chi connectivity index (χ3v) is 4.31. The molecule has 1 unspecified atom stereocenters. The molecule has 0 saturated heterocycles. The van der Waals surface area contributed by atoms with Crippen LogP contribution in [0.25, 0.3) is 0 Å². The van der Waals surface area contributed by atoms with Crippen molar-refractivity contribution in [2.75, 3.05) is 11.1 Å². The fraction of sp³-hybridized carbons (Fsp3) is 0.133. The van der Waals surface area contributed by atoms with E-state index >= 15 is 0 Å². The summed E-state index contributed by atoms with van der Waals surface area (Å²) in [7, 11) is -1.43. The monoisotopic (exact) mass is 322 g/mol. The molecule has 0 fully saturated rings. The minimum Gasteiger partial charge on any atom is -0.326 e. The molecule has 0 aliphatic heterocycles. The molecule has 2 rings (SSSR count). The molecule has 21 heavy (non-hydrogen) atoms.